The summed E-state index contributed by atoms with van der Waals surface area (Å²) in [5.41, 5.74) is 2.87. The zero-order valence-electron chi connectivity index (χ0n) is 12.5. The van der Waals surface area contributed by atoms with E-state index in [0.717, 1.165) is 30.6 Å². The van der Waals surface area contributed by atoms with E-state index in [1.807, 2.05) is 12.1 Å². The third kappa shape index (κ3) is 3.42. The van der Waals surface area contributed by atoms with Crippen molar-refractivity contribution in [2.24, 2.45) is 7.05 Å². The molecule has 0 saturated heterocycles. The van der Waals surface area contributed by atoms with Crippen LogP contribution in [0.2, 0.25) is 0 Å². The van der Waals surface area contributed by atoms with Gasteiger partial charge in [-0.2, -0.15) is 4.80 Å². The summed E-state index contributed by atoms with van der Waals surface area (Å²) < 4.78 is 25.5. The van der Waals surface area contributed by atoms with Gasteiger partial charge >= 0.3 is 0 Å². The Labute approximate surface area is 129 Å². The maximum atomic E-state index is 11.4. The molecule has 3 rings (SSSR count). The lowest BCUT2D eigenvalue weighted by atomic mass is 9.98. The molecule has 0 bridgehead atoms. The summed E-state index contributed by atoms with van der Waals surface area (Å²) in [7, 11) is -1.52. The molecule has 9 heteroatoms. The maximum Gasteiger partial charge on any atom is 0.229 e. The molecule has 0 atom stereocenters. The monoisotopic (exact) mass is 322 g/mol. The van der Waals surface area contributed by atoms with Gasteiger partial charge in [0.25, 0.3) is 0 Å². The highest BCUT2D eigenvalue weighted by Gasteiger charge is 2.21. The lowest BCUT2D eigenvalue weighted by Crippen LogP contribution is -2.31. The average molecular weight is 322 g/mol. The van der Waals surface area contributed by atoms with E-state index in [-0.39, 0.29) is 0 Å². The van der Waals surface area contributed by atoms with Crippen molar-refractivity contribution in [2.45, 2.75) is 19.5 Å². The van der Waals surface area contributed by atoms with Gasteiger partial charge in [0.05, 0.1) is 25.5 Å². The first-order chi connectivity index (χ1) is 10.4. The van der Waals surface area contributed by atoms with E-state index in [1.54, 1.807) is 13.1 Å². The third-order valence-corrected chi connectivity index (χ3v) is 4.15. The van der Waals surface area contributed by atoms with Crippen LogP contribution in [0.25, 0.3) is 0 Å². The molecule has 2 aromatic rings. The van der Waals surface area contributed by atoms with Crippen LogP contribution in [-0.2, 0) is 36.6 Å². The number of anilines is 1. The molecule has 0 aliphatic carbocycles. The third-order valence-electron chi connectivity index (χ3n) is 3.56. The number of tetrazole rings is 1. The van der Waals surface area contributed by atoms with E-state index in [1.165, 1.54) is 11.1 Å². The molecular formula is C13H18N6O2S. The largest absolute Gasteiger partial charge is 0.291 e. The fourth-order valence-corrected chi connectivity index (χ4v) is 3.28. The highest BCUT2D eigenvalue weighted by Crippen LogP contribution is 2.27. The zero-order chi connectivity index (χ0) is 15.7. The molecule has 22 heavy (non-hydrogen) atoms. The maximum absolute atomic E-state index is 11.4. The first-order valence-electron chi connectivity index (χ1n) is 6.94. The normalized spacial score (nSPS) is 15.5. The lowest BCUT2D eigenvalue weighted by molar-refractivity contribution is 0.239. The number of nitrogens with one attached hydrogen (secondary N) is 1. The molecule has 1 N–H and O–H groups in total. The van der Waals surface area contributed by atoms with Crippen molar-refractivity contribution in [3.63, 3.8) is 0 Å². The van der Waals surface area contributed by atoms with Gasteiger partial charge in [0.2, 0.25) is 10.0 Å². The number of rotatable bonds is 4. The first-order valence-corrected chi connectivity index (χ1v) is 8.83. The van der Waals surface area contributed by atoms with Crippen molar-refractivity contribution in [1.82, 2.24) is 25.1 Å². The van der Waals surface area contributed by atoms with E-state index in [2.05, 4.69) is 25.0 Å². The van der Waals surface area contributed by atoms with Gasteiger partial charge < -0.3 is 0 Å². The molecule has 0 unspecified atom stereocenters. The summed E-state index contributed by atoms with van der Waals surface area (Å²) in [6.07, 6.45) is 1.95. The molecule has 1 aromatic carbocycles. The Kier molecular flexibility index (Phi) is 3.83. The Morgan fingerprint density at radius 3 is 2.86 bits per heavy atom. The first kappa shape index (κ1) is 14.9. The molecule has 0 radical (unpaired) electrons. The van der Waals surface area contributed by atoms with Gasteiger partial charge in [-0.25, -0.2) is 8.42 Å². The molecule has 118 valence electrons. The van der Waals surface area contributed by atoms with Crippen molar-refractivity contribution in [2.75, 3.05) is 17.5 Å². The van der Waals surface area contributed by atoms with Gasteiger partial charge in [-0.15, -0.1) is 10.2 Å². The molecule has 0 fully saturated rings. The smallest absolute Gasteiger partial charge is 0.229 e. The minimum Gasteiger partial charge on any atom is -0.291 e. The van der Waals surface area contributed by atoms with Gasteiger partial charge in [0, 0.05) is 13.1 Å². The van der Waals surface area contributed by atoms with Crippen LogP contribution in [0.4, 0.5) is 5.69 Å². The van der Waals surface area contributed by atoms with Crippen LogP contribution < -0.4 is 4.72 Å². The Bertz CT molecular complexity index is 786. The summed E-state index contributed by atoms with van der Waals surface area (Å²) in [5, 5.41) is 12.0. The zero-order valence-corrected chi connectivity index (χ0v) is 13.3. The van der Waals surface area contributed by atoms with Gasteiger partial charge in [-0.3, -0.25) is 9.62 Å². The Morgan fingerprint density at radius 2 is 2.18 bits per heavy atom. The number of aryl methyl sites for hydroxylation is 1. The summed E-state index contributed by atoms with van der Waals surface area (Å²) in [6, 6.07) is 5.70. The van der Waals surface area contributed by atoms with Crippen LogP contribution in [0.5, 0.6) is 0 Å². The molecular weight excluding hydrogens is 304 g/mol. The van der Waals surface area contributed by atoms with Crippen molar-refractivity contribution < 1.29 is 8.42 Å². The van der Waals surface area contributed by atoms with E-state index in [0.29, 0.717) is 18.1 Å². The van der Waals surface area contributed by atoms with Crippen molar-refractivity contribution in [3.05, 3.63) is 35.2 Å². The van der Waals surface area contributed by atoms with Gasteiger partial charge in [0.1, 0.15) is 0 Å². The molecule has 0 saturated carbocycles. The van der Waals surface area contributed by atoms with E-state index >= 15 is 0 Å². The number of sulfonamides is 1. The van der Waals surface area contributed by atoms with Crippen molar-refractivity contribution >= 4 is 15.7 Å². The minimum atomic E-state index is -3.26. The van der Waals surface area contributed by atoms with Crippen LogP contribution in [0.1, 0.15) is 17.0 Å². The predicted octanol–water partition coefficient (Wildman–Crippen LogP) is 0.140. The molecule has 8 nitrogen and oxygen atoms in total. The number of aromatic nitrogens is 4. The van der Waals surface area contributed by atoms with E-state index in [4.69, 9.17) is 0 Å². The van der Waals surface area contributed by atoms with E-state index < -0.39 is 10.0 Å². The number of benzene rings is 1. The summed E-state index contributed by atoms with van der Waals surface area (Å²) in [4.78, 5) is 3.67. The standard InChI is InChI=1S/C13H18N6O2S/c1-18-15-13(14-17-18)9-19-7-6-11-10(8-19)4-3-5-12(11)16-22(2,20)21/h3-5,16H,6-9H2,1-2H3. The minimum absolute atomic E-state index is 0.636. The summed E-state index contributed by atoms with van der Waals surface area (Å²) in [6.45, 7) is 2.21. The van der Waals surface area contributed by atoms with Gasteiger partial charge in [-0.1, -0.05) is 12.1 Å². The van der Waals surface area contributed by atoms with E-state index in [9.17, 15) is 8.42 Å². The predicted molar refractivity (Wildman–Crippen MR) is 81.5 cm³/mol. The van der Waals surface area contributed by atoms with Crippen LogP contribution in [-0.4, -0.2) is 46.3 Å². The van der Waals surface area contributed by atoms with Crippen LogP contribution in [0.15, 0.2) is 18.2 Å². The quantitative estimate of drug-likeness (QED) is 0.861. The topological polar surface area (TPSA) is 93.0 Å². The second kappa shape index (κ2) is 5.65. The van der Waals surface area contributed by atoms with Gasteiger partial charge in [0.15, 0.2) is 5.82 Å². The molecule has 1 aliphatic rings. The van der Waals surface area contributed by atoms with Crippen LogP contribution >= 0.6 is 0 Å². The molecule has 0 spiro atoms. The van der Waals surface area contributed by atoms with Gasteiger partial charge in [-0.05, 0) is 28.8 Å². The number of fused-ring (bicyclic) bond motifs is 1. The Balaban J connectivity index is 1.77. The highest BCUT2D eigenvalue weighted by molar-refractivity contribution is 7.92. The SMILES string of the molecule is Cn1nnc(CN2CCc3c(cccc3NS(C)(=O)=O)C2)n1. The van der Waals surface area contributed by atoms with Crippen molar-refractivity contribution in [3.8, 4) is 0 Å². The lowest BCUT2D eigenvalue weighted by Gasteiger charge is -2.29. The summed E-state index contributed by atoms with van der Waals surface area (Å²) >= 11 is 0. The Hall–Kier alpha value is -2.00. The number of hydrogen-bond donors (Lipinski definition) is 1. The second-order valence-electron chi connectivity index (χ2n) is 5.47. The Morgan fingerprint density at radius 1 is 1.36 bits per heavy atom. The fourth-order valence-electron chi connectivity index (χ4n) is 2.68. The molecule has 1 aliphatic heterocycles. The van der Waals surface area contributed by atoms with Crippen molar-refractivity contribution in [1.29, 1.82) is 0 Å². The second-order valence-corrected chi connectivity index (χ2v) is 7.22. The number of nitrogens with zero attached hydrogens (tertiary/aromatic N) is 5. The summed E-state index contributed by atoms with van der Waals surface area (Å²) in [5.74, 6) is 0.691. The molecule has 1 aromatic heterocycles. The van der Waals surface area contributed by atoms with Crippen LogP contribution in [0.3, 0.4) is 0 Å². The average Bonchev–Trinajstić information content (AvgIpc) is 2.82. The fraction of sp³-hybridized carbons (Fsp3) is 0.462. The number of hydrogen-bond acceptors (Lipinski definition) is 6. The van der Waals surface area contributed by atoms with Crippen LogP contribution in [0, 0.1) is 0 Å². The molecule has 0 amide bonds. The molecule has 2 heterocycles. The highest BCUT2D eigenvalue weighted by atomic mass is 32.2.